The molecule has 38 heavy (non-hydrogen) atoms. The second-order valence-electron chi connectivity index (χ2n) is 9.12. The topological polar surface area (TPSA) is 82.1 Å². The minimum Gasteiger partial charge on any atom is -0.501 e. The van der Waals surface area contributed by atoms with Crippen LogP contribution in [0.25, 0.3) is 38.5 Å². The first-order valence-electron chi connectivity index (χ1n) is 11.9. The van der Waals surface area contributed by atoms with Gasteiger partial charge in [0.25, 0.3) is 5.91 Å². The van der Waals surface area contributed by atoms with E-state index in [0.29, 0.717) is 63.4 Å². The van der Waals surface area contributed by atoms with Gasteiger partial charge in [-0.3, -0.25) is 14.8 Å². The molecule has 1 fully saturated rings. The van der Waals surface area contributed by atoms with Gasteiger partial charge in [-0.2, -0.15) is 0 Å². The van der Waals surface area contributed by atoms with Gasteiger partial charge in [-0.25, -0.2) is 4.85 Å². The monoisotopic (exact) mass is 552 g/mol. The van der Waals surface area contributed by atoms with E-state index in [1.807, 2.05) is 13.0 Å². The molecule has 0 unspecified atom stereocenters. The fourth-order valence-corrected chi connectivity index (χ4v) is 4.63. The standard InChI is InChI=1S/C28H25ClN4O4.ClH/c1-16-11-18(28(34)33(3)4)14-32-26(16)24-13-22-27(37-24)25(20(29)15-31-22)17-5-6-23(21(12-17)30-2)36-19-7-9-35-10-8-19;/h5-6,11-15,19H,7-10H2,1,3-4H3;1H. The zero-order valence-corrected chi connectivity index (χ0v) is 22.7. The average Bonchev–Trinajstić information content (AvgIpc) is 3.33. The maximum Gasteiger partial charge on any atom is 0.254 e. The van der Waals surface area contributed by atoms with Crippen molar-refractivity contribution < 1.29 is 18.7 Å². The molecule has 0 aliphatic carbocycles. The van der Waals surface area contributed by atoms with Crippen LogP contribution >= 0.6 is 24.0 Å². The molecule has 1 saturated heterocycles. The fourth-order valence-electron chi connectivity index (χ4n) is 4.38. The molecule has 0 radical (unpaired) electrons. The van der Waals surface area contributed by atoms with Crippen LogP contribution < -0.4 is 4.74 Å². The van der Waals surface area contributed by atoms with Crippen LogP contribution in [0.15, 0.2) is 47.1 Å². The van der Waals surface area contributed by atoms with Crippen LogP contribution in [-0.4, -0.2) is 54.2 Å². The lowest BCUT2D eigenvalue weighted by Gasteiger charge is -2.24. The average molecular weight is 553 g/mol. The molecule has 10 heteroatoms. The summed E-state index contributed by atoms with van der Waals surface area (Å²) in [6, 6.07) is 9.03. The molecule has 0 N–H and O–H groups in total. The number of carbonyl (C=O) groups is 1. The highest BCUT2D eigenvalue weighted by molar-refractivity contribution is 6.34. The van der Waals surface area contributed by atoms with Crippen molar-refractivity contribution in [3.63, 3.8) is 0 Å². The van der Waals surface area contributed by atoms with Gasteiger partial charge in [-0.15, -0.1) is 12.4 Å². The van der Waals surface area contributed by atoms with Gasteiger partial charge in [0.05, 0.1) is 30.4 Å². The zero-order valence-electron chi connectivity index (χ0n) is 21.2. The molecule has 0 saturated carbocycles. The van der Waals surface area contributed by atoms with E-state index in [0.717, 1.165) is 24.0 Å². The largest absolute Gasteiger partial charge is 0.501 e. The van der Waals surface area contributed by atoms with Gasteiger partial charge in [0, 0.05) is 51.0 Å². The first-order valence-corrected chi connectivity index (χ1v) is 12.3. The number of aryl methyl sites for hydroxylation is 1. The number of amides is 1. The third kappa shape index (κ3) is 5.32. The number of ether oxygens (including phenoxy) is 2. The molecule has 4 heterocycles. The van der Waals surface area contributed by atoms with E-state index in [4.69, 9.17) is 32.1 Å². The van der Waals surface area contributed by atoms with Crippen LogP contribution in [-0.2, 0) is 4.74 Å². The Morgan fingerprint density at radius 2 is 1.92 bits per heavy atom. The van der Waals surface area contributed by atoms with Gasteiger partial charge < -0.3 is 18.8 Å². The van der Waals surface area contributed by atoms with Gasteiger partial charge in [-0.05, 0) is 36.2 Å². The number of nitrogens with zero attached hydrogens (tertiary/aromatic N) is 4. The number of benzene rings is 1. The molecule has 1 aromatic carbocycles. The Morgan fingerprint density at radius 1 is 1.16 bits per heavy atom. The molecule has 1 aliphatic heterocycles. The summed E-state index contributed by atoms with van der Waals surface area (Å²) < 4.78 is 17.8. The zero-order chi connectivity index (χ0) is 26.1. The highest BCUT2D eigenvalue weighted by atomic mass is 35.5. The summed E-state index contributed by atoms with van der Waals surface area (Å²) in [7, 11) is 3.40. The Morgan fingerprint density at radius 3 is 2.61 bits per heavy atom. The predicted molar refractivity (Wildman–Crippen MR) is 148 cm³/mol. The molecule has 3 aromatic heterocycles. The van der Waals surface area contributed by atoms with Crippen LogP contribution in [0, 0.1) is 13.5 Å². The second-order valence-corrected chi connectivity index (χ2v) is 9.53. The highest BCUT2D eigenvalue weighted by Gasteiger charge is 2.21. The number of aromatic nitrogens is 2. The smallest absolute Gasteiger partial charge is 0.254 e. The molecule has 0 bridgehead atoms. The van der Waals surface area contributed by atoms with Crippen molar-refractivity contribution in [2.24, 2.45) is 0 Å². The number of hydrogen-bond acceptors (Lipinski definition) is 6. The molecule has 1 aliphatic rings. The van der Waals surface area contributed by atoms with E-state index in [9.17, 15) is 4.79 Å². The van der Waals surface area contributed by atoms with Crippen molar-refractivity contribution in [2.45, 2.75) is 25.9 Å². The molecular formula is C28H26Cl2N4O4. The van der Waals surface area contributed by atoms with Gasteiger partial charge in [0.15, 0.2) is 11.3 Å². The predicted octanol–water partition coefficient (Wildman–Crippen LogP) is 6.75. The number of carbonyl (C=O) groups excluding carboxylic acids is 1. The van der Waals surface area contributed by atoms with Crippen LogP contribution in [0.4, 0.5) is 5.69 Å². The Balaban J connectivity index is 0.00000336. The number of hydrogen-bond donors (Lipinski definition) is 0. The van der Waals surface area contributed by atoms with Crippen LogP contribution in [0.1, 0.15) is 28.8 Å². The van der Waals surface area contributed by atoms with Gasteiger partial charge in [0.2, 0.25) is 5.69 Å². The summed E-state index contributed by atoms with van der Waals surface area (Å²) in [5, 5.41) is 0.402. The molecular weight excluding hydrogens is 527 g/mol. The summed E-state index contributed by atoms with van der Waals surface area (Å²) in [6.45, 7) is 10.9. The van der Waals surface area contributed by atoms with E-state index >= 15 is 0 Å². The van der Waals surface area contributed by atoms with E-state index < -0.39 is 0 Å². The van der Waals surface area contributed by atoms with E-state index in [-0.39, 0.29) is 24.4 Å². The summed E-state index contributed by atoms with van der Waals surface area (Å²) in [5.74, 6) is 0.930. The summed E-state index contributed by atoms with van der Waals surface area (Å²) in [4.78, 5) is 26.5. The molecule has 196 valence electrons. The minimum atomic E-state index is -0.123. The van der Waals surface area contributed by atoms with Crippen LogP contribution in [0.3, 0.4) is 0 Å². The number of furan rings is 1. The molecule has 8 nitrogen and oxygen atoms in total. The number of pyridine rings is 2. The van der Waals surface area contributed by atoms with Crippen molar-refractivity contribution in [2.75, 3.05) is 27.3 Å². The lowest BCUT2D eigenvalue weighted by atomic mass is 10.0. The Bertz CT molecular complexity index is 1540. The van der Waals surface area contributed by atoms with Crippen LogP contribution in [0.5, 0.6) is 5.75 Å². The minimum absolute atomic E-state index is 0. The third-order valence-corrected chi connectivity index (χ3v) is 6.58. The second kappa shape index (κ2) is 11.4. The third-order valence-electron chi connectivity index (χ3n) is 6.29. The molecule has 4 aromatic rings. The van der Waals surface area contributed by atoms with E-state index in [1.54, 1.807) is 50.8 Å². The number of fused-ring (bicyclic) bond motifs is 1. The van der Waals surface area contributed by atoms with Gasteiger partial charge >= 0.3 is 0 Å². The number of rotatable bonds is 5. The number of halogens is 2. The van der Waals surface area contributed by atoms with Crippen molar-refractivity contribution in [1.29, 1.82) is 0 Å². The summed E-state index contributed by atoms with van der Waals surface area (Å²) in [6.07, 6.45) is 4.73. The van der Waals surface area contributed by atoms with Gasteiger partial charge in [-0.1, -0.05) is 17.7 Å². The first-order chi connectivity index (χ1) is 17.9. The van der Waals surface area contributed by atoms with E-state index in [2.05, 4.69) is 14.8 Å². The maximum atomic E-state index is 12.3. The SMILES string of the molecule is Cl.[C-]#[N+]c1cc(-c2c(Cl)cnc3cc(-c4ncc(C(=O)N(C)C)cc4C)oc23)ccc1OC1CCOCC1. The quantitative estimate of drug-likeness (QED) is 0.254. The fraction of sp³-hybridized carbons (Fsp3) is 0.286. The normalized spacial score (nSPS) is 13.6. The molecule has 0 atom stereocenters. The van der Waals surface area contributed by atoms with Gasteiger partial charge in [0.1, 0.15) is 23.1 Å². The molecule has 1 amide bonds. The van der Waals surface area contributed by atoms with Crippen molar-refractivity contribution in [3.8, 4) is 28.3 Å². The lowest BCUT2D eigenvalue weighted by molar-refractivity contribution is 0.0259. The highest BCUT2D eigenvalue weighted by Crippen LogP contribution is 2.41. The maximum absolute atomic E-state index is 12.3. The summed E-state index contributed by atoms with van der Waals surface area (Å²) >= 11 is 6.60. The Kier molecular flexibility index (Phi) is 8.22. The molecule has 5 rings (SSSR count). The van der Waals surface area contributed by atoms with Crippen molar-refractivity contribution in [3.05, 3.63) is 70.3 Å². The Hall–Kier alpha value is -3.64. The molecule has 0 spiro atoms. The lowest BCUT2D eigenvalue weighted by Crippen LogP contribution is -2.25. The van der Waals surface area contributed by atoms with Crippen LogP contribution in [0.2, 0.25) is 5.02 Å². The van der Waals surface area contributed by atoms with Crippen molar-refractivity contribution >= 4 is 46.7 Å². The van der Waals surface area contributed by atoms with E-state index in [1.165, 1.54) is 4.90 Å². The van der Waals surface area contributed by atoms with Crippen molar-refractivity contribution in [1.82, 2.24) is 14.9 Å². The first kappa shape index (κ1) is 27.4. The summed E-state index contributed by atoms with van der Waals surface area (Å²) in [5.41, 5.74) is 4.76. The Labute approximate surface area is 231 Å².